The van der Waals surface area contributed by atoms with Crippen LogP contribution in [0.5, 0.6) is 0 Å². The highest BCUT2D eigenvalue weighted by atomic mass is 79.9. The molecule has 0 aliphatic carbocycles. The number of aromatic nitrogens is 3. The fourth-order valence-electron chi connectivity index (χ4n) is 1.68. The molecule has 0 atom stereocenters. The molecule has 1 heterocycles. The van der Waals surface area contributed by atoms with E-state index >= 15 is 0 Å². The van der Waals surface area contributed by atoms with Gasteiger partial charge in [0, 0.05) is 11.5 Å². The minimum atomic E-state index is -0.276. The lowest BCUT2D eigenvalue weighted by Crippen LogP contribution is -2.22. The van der Waals surface area contributed by atoms with Crippen LogP contribution >= 0.6 is 15.9 Å². The predicted octanol–water partition coefficient (Wildman–Crippen LogP) is 1.13. The highest BCUT2D eigenvalue weighted by Crippen LogP contribution is 2.19. The summed E-state index contributed by atoms with van der Waals surface area (Å²) in [4.78, 5) is 11.9. The van der Waals surface area contributed by atoms with Crippen molar-refractivity contribution in [3.05, 3.63) is 44.5 Å². The van der Waals surface area contributed by atoms with E-state index in [0.717, 1.165) is 15.7 Å². The van der Waals surface area contributed by atoms with E-state index in [1.807, 2.05) is 25.1 Å². The summed E-state index contributed by atoms with van der Waals surface area (Å²) in [7, 11) is 1.56. The Balaban J connectivity index is 2.76. The van der Waals surface area contributed by atoms with E-state index < -0.39 is 0 Å². The Bertz CT molecular complexity index is 616. The number of rotatable bonds is 2. The van der Waals surface area contributed by atoms with Gasteiger partial charge in [-0.25, -0.2) is 14.0 Å². The molecule has 5 nitrogen and oxygen atoms in total. The Hall–Kier alpha value is -1.40. The number of aryl methyl sites for hydroxylation is 2. The van der Waals surface area contributed by atoms with Crippen LogP contribution in [0.1, 0.15) is 11.4 Å². The maximum Gasteiger partial charge on any atom is 0.350 e. The molecule has 0 aliphatic rings. The highest BCUT2D eigenvalue weighted by molar-refractivity contribution is 9.10. The largest absolute Gasteiger partial charge is 0.388 e. The minimum Gasteiger partial charge on any atom is -0.388 e. The van der Waals surface area contributed by atoms with Gasteiger partial charge in [0.25, 0.3) is 0 Å². The monoisotopic (exact) mass is 297 g/mol. The zero-order chi connectivity index (χ0) is 12.6. The molecule has 0 amide bonds. The van der Waals surface area contributed by atoms with E-state index in [9.17, 15) is 9.90 Å². The number of aliphatic hydroxyl groups excluding tert-OH is 1. The number of benzene rings is 1. The summed E-state index contributed by atoms with van der Waals surface area (Å²) in [6, 6.07) is 5.64. The third kappa shape index (κ3) is 2.05. The average Bonchev–Trinajstić information content (AvgIpc) is 2.59. The molecular formula is C11H12BrN3O2. The number of hydrogen-bond acceptors (Lipinski definition) is 3. The second kappa shape index (κ2) is 4.46. The summed E-state index contributed by atoms with van der Waals surface area (Å²) in [5.74, 6) is 0.332. The van der Waals surface area contributed by atoms with Crippen LogP contribution in [0.25, 0.3) is 5.69 Å². The Morgan fingerprint density at radius 3 is 2.82 bits per heavy atom. The Kier molecular flexibility index (Phi) is 3.17. The van der Waals surface area contributed by atoms with Crippen molar-refractivity contribution in [2.24, 2.45) is 7.05 Å². The summed E-state index contributed by atoms with van der Waals surface area (Å²) in [6.45, 7) is 1.63. The SMILES string of the molecule is Cc1ccc(Br)cc1-n1c(CO)nn(C)c1=O. The van der Waals surface area contributed by atoms with Gasteiger partial charge in [-0.15, -0.1) is 0 Å². The third-order valence-corrected chi connectivity index (χ3v) is 3.04. The van der Waals surface area contributed by atoms with Crippen molar-refractivity contribution >= 4 is 15.9 Å². The van der Waals surface area contributed by atoms with Gasteiger partial charge >= 0.3 is 5.69 Å². The number of hydrogen-bond donors (Lipinski definition) is 1. The minimum absolute atomic E-state index is 0.268. The van der Waals surface area contributed by atoms with E-state index in [-0.39, 0.29) is 12.3 Å². The zero-order valence-electron chi connectivity index (χ0n) is 9.51. The predicted molar refractivity (Wildman–Crippen MR) is 67.2 cm³/mol. The molecule has 2 aromatic rings. The molecule has 0 radical (unpaired) electrons. The van der Waals surface area contributed by atoms with Gasteiger partial charge in [-0.2, -0.15) is 5.10 Å². The molecule has 1 aromatic heterocycles. The second-order valence-electron chi connectivity index (χ2n) is 3.75. The third-order valence-electron chi connectivity index (χ3n) is 2.55. The molecule has 1 N–H and O–H groups in total. The van der Waals surface area contributed by atoms with Crippen molar-refractivity contribution in [2.75, 3.05) is 0 Å². The zero-order valence-corrected chi connectivity index (χ0v) is 11.1. The number of halogens is 1. The van der Waals surface area contributed by atoms with Crippen LogP contribution in [0.3, 0.4) is 0 Å². The second-order valence-corrected chi connectivity index (χ2v) is 4.66. The number of nitrogens with zero attached hydrogens (tertiary/aromatic N) is 3. The van der Waals surface area contributed by atoms with Crippen LogP contribution in [-0.2, 0) is 13.7 Å². The summed E-state index contributed by atoms with van der Waals surface area (Å²) in [5, 5.41) is 13.2. The number of aliphatic hydroxyl groups is 1. The molecule has 1 aromatic carbocycles. The van der Waals surface area contributed by atoms with Gasteiger partial charge in [-0.1, -0.05) is 22.0 Å². The molecule has 0 saturated heterocycles. The van der Waals surface area contributed by atoms with Crippen molar-refractivity contribution < 1.29 is 5.11 Å². The highest BCUT2D eigenvalue weighted by Gasteiger charge is 2.14. The first kappa shape index (κ1) is 12.1. The molecule has 0 bridgehead atoms. The van der Waals surface area contributed by atoms with E-state index in [0.29, 0.717) is 5.82 Å². The van der Waals surface area contributed by atoms with Gasteiger partial charge in [-0.05, 0) is 24.6 Å². The lowest BCUT2D eigenvalue weighted by molar-refractivity contribution is 0.268. The van der Waals surface area contributed by atoms with E-state index in [4.69, 9.17) is 0 Å². The van der Waals surface area contributed by atoms with Gasteiger partial charge in [0.1, 0.15) is 6.61 Å². The first-order valence-corrected chi connectivity index (χ1v) is 5.86. The molecule has 90 valence electrons. The van der Waals surface area contributed by atoms with Crippen LogP contribution in [-0.4, -0.2) is 19.5 Å². The summed E-state index contributed by atoms with van der Waals surface area (Å²) < 4.78 is 3.50. The molecular weight excluding hydrogens is 286 g/mol. The Morgan fingerprint density at radius 1 is 1.47 bits per heavy atom. The van der Waals surface area contributed by atoms with Crippen molar-refractivity contribution in [3.8, 4) is 5.69 Å². The summed E-state index contributed by atoms with van der Waals surface area (Å²) in [6.07, 6.45) is 0. The normalized spacial score (nSPS) is 10.8. The first-order valence-electron chi connectivity index (χ1n) is 5.07. The first-order chi connectivity index (χ1) is 8.04. The van der Waals surface area contributed by atoms with Crippen molar-refractivity contribution in [2.45, 2.75) is 13.5 Å². The van der Waals surface area contributed by atoms with E-state index in [2.05, 4.69) is 21.0 Å². The van der Waals surface area contributed by atoms with Crippen LogP contribution in [0.4, 0.5) is 0 Å². The molecule has 0 unspecified atom stereocenters. The molecule has 17 heavy (non-hydrogen) atoms. The lowest BCUT2D eigenvalue weighted by atomic mass is 10.2. The Morgan fingerprint density at radius 2 is 2.18 bits per heavy atom. The molecule has 0 saturated carbocycles. The van der Waals surface area contributed by atoms with Crippen LogP contribution in [0.2, 0.25) is 0 Å². The van der Waals surface area contributed by atoms with Crippen LogP contribution in [0.15, 0.2) is 27.5 Å². The van der Waals surface area contributed by atoms with Crippen LogP contribution < -0.4 is 5.69 Å². The maximum absolute atomic E-state index is 11.9. The van der Waals surface area contributed by atoms with Gasteiger partial charge < -0.3 is 5.11 Å². The molecule has 0 spiro atoms. The van der Waals surface area contributed by atoms with Crippen molar-refractivity contribution in [1.29, 1.82) is 0 Å². The summed E-state index contributed by atoms with van der Waals surface area (Å²) in [5.41, 5.74) is 1.40. The Labute approximate surface area is 106 Å². The van der Waals surface area contributed by atoms with Crippen molar-refractivity contribution in [1.82, 2.24) is 14.3 Å². The van der Waals surface area contributed by atoms with Gasteiger partial charge in [0.2, 0.25) is 0 Å². The quantitative estimate of drug-likeness (QED) is 0.904. The molecule has 0 fully saturated rings. The average molecular weight is 298 g/mol. The lowest BCUT2D eigenvalue weighted by Gasteiger charge is -2.08. The smallest absolute Gasteiger partial charge is 0.350 e. The standard InChI is InChI=1S/C11H12BrN3O2/c1-7-3-4-8(12)5-9(7)15-10(6-16)13-14(2)11(15)17/h3-5,16H,6H2,1-2H3. The van der Waals surface area contributed by atoms with Gasteiger partial charge in [0.05, 0.1) is 5.69 Å². The molecule has 6 heteroatoms. The summed E-state index contributed by atoms with van der Waals surface area (Å²) >= 11 is 3.37. The maximum atomic E-state index is 11.9. The van der Waals surface area contributed by atoms with Crippen molar-refractivity contribution in [3.63, 3.8) is 0 Å². The van der Waals surface area contributed by atoms with E-state index in [1.54, 1.807) is 7.05 Å². The fraction of sp³-hybridized carbons (Fsp3) is 0.273. The van der Waals surface area contributed by atoms with E-state index in [1.165, 1.54) is 9.25 Å². The van der Waals surface area contributed by atoms with Gasteiger partial charge in [-0.3, -0.25) is 0 Å². The molecule has 0 aliphatic heterocycles. The molecule has 2 rings (SSSR count). The topological polar surface area (TPSA) is 60.0 Å². The fourth-order valence-corrected chi connectivity index (χ4v) is 2.03. The van der Waals surface area contributed by atoms with Crippen LogP contribution in [0, 0.1) is 6.92 Å². The van der Waals surface area contributed by atoms with Gasteiger partial charge in [0.15, 0.2) is 5.82 Å².